The van der Waals surface area contributed by atoms with Crippen molar-refractivity contribution in [1.29, 1.82) is 0 Å². The molecular weight excluding hydrogens is 247 g/mol. The number of ether oxygens (including phenoxy) is 2. The van der Waals surface area contributed by atoms with Crippen LogP contribution in [0, 0.1) is 5.82 Å². The molecule has 2 rings (SSSR count). The van der Waals surface area contributed by atoms with E-state index in [1.54, 1.807) is 18.2 Å². The van der Waals surface area contributed by atoms with Gasteiger partial charge in [-0.15, -0.1) is 0 Å². The number of methoxy groups -OCH3 is 1. The lowest BCUT2D eigenvalue weighted by molar-refractivity contribution is -0.119. The van der Waals surface area contributed by atoms with E-state index in [1.165, 1.54) is 7.11 Å². The predicted octanol–water partition coefficient (Wildman–Crippen LogP) is 3.22. The lowest BCUT2D eigenvalue weighted by Gasteiger charge is -2.34. The van der Waals surface area contributed by atoms with Gasteiger partial charge in [-0.05, 0) is 25.8 Å². The van der Waals surface area contributed by atoms with Crippen molar-refractivity contribution in [2.45, 2.75) is 44.3 Å². The summed E-state index contributed by atoms with van der Waals surface area (Å²) in [4.78, 5) is 0. The Morgan fingerprint density at radius 1 is 1.37 bits per heavy atom. The molecule has 1 aromatic rings. The molecule has 1 fully saturated rings. The van der Waals surface area contributed by atoms with E-state index in [-0.39, 0.29) is 11.3 Å². The van der Waals surface area contributed by atoms with Crippen molar-refractivity contribution in [3.05, 3.63) is 29.6 Å². The first-order valence-corrected chi connectivity index (χ1v) is 6.79. The number of aliphatic hydroxyl groups excluding tert-OH is 1. The molecule has 1 aliphatic rings. The zero-order valence-corrected chi connectivity index (χ0v) is 11.5. The van der Waals surface area contributed by atoms with E-state index < -0.39 is 17.5 Å². The summed E-state index contributed by atoms with van der Waals surface area (Å²) in [6.45, 7) is 2.41. The highest BCUT2D eigenvalue weighted by Gasteiger charge is 2.43. The first-order chi connectivity index (χ1) is 9.14. The summed E-state index contributed by atoms with van der Waals surface area (Å²) in [5.74, 6) is -0.343. The van der Waals surface area contributed by atoms with Gasteiger partial charge in [-0.25, -0.2) is 4.39 Å². The van der Waals surface area contributed by atoms with Gasteiger partial charge in [-0.1, -0.05) is 25.0 Å². The largest absolute Gasteiger partial charge is 0.494 e. The summed E-state index contributed by atoms with van der Waals surface area (Å²) >= 11 is 0. The highest BCUT2D eigenvalue weighted by atomic mass is 19.1. The van der Waals surface area contributed by atoms with Crippen LogP contribution in [0.4, 0.5) is 4.39 Å². The van der Waals surface area contributed by atoms with Gasteiger partial charge in [0.25, 0.3) is 0 Å². The fraction of sp³-hybridized carbons (Fsp3) is 0.600. The van der Waals surface area contributed by atoms with Crippen molar-refractivity contribution >= 4 is 0 Å². The number of halogens is 1. The van der Waals surface area contributed by atoms with Crippen LogP contribution in [-0.2, 0) is 4.74 Å². The van der Waals surface area contributed by atoms with Crippen LogP contribution in [0.2, 0.25) is 0 Å². The second kappa shape index (κ2) is 5.88. The molecule has 0 amide bonds. The molecule has 1 saturated carbocycles. The van der Waals surface area contributed by atoms with Crippen molar-refractivity contribution < 1.29 is 19.0 Å². The topological polar surface area (TPSA) is 38.7 Å². The van der Waals surface area contributed by atoms with Gasteiger partial charge in [0.05, 0.1) is 12.7 Å². The van der Waals surface area contributed by atoms with Crippen LogP contribution < -0.4 is 4.74 Å². The average molecular weight is 268 g/mol. The number of benzene rings is 1. The molecule has 3 nitrogen and oxygen atoms in total. The third kappa shape index (κ3) is 2.60. The van der Waals surface area contributed by atoms with Gasteiger partial charge in [0, 0.05) is 12.2 Å². The first-order valence-electron chi connectivity index (χ1n) is 6.79. The molecule has 4 heteroatoms. The third-order valence-corrected chi connectivity index (χ3v) is 3.89. The van der Waals surface area contributed by atoms with Crippen LogP contribution in [0.5, 0.6) is 5.75 Å². The Labute approximate surface area is 113 Å². The van der Waals surface area contributed by atoms with Crippen molar-refractivity contribution in [2.24, 2.45) is 0 Å². The zero-order valence-electron chi connectivity index (χ0n) is 11.5. The van der Waals surface area contributed by atoms with Crippen LogP contribution in [-0.4, -0.2) is 24.4 Å². The van der Waals surface area contributed by atoms with Gasteiger partial charge in [-0.2, -0.15) is 0 Å². The summed E-state index contributed by atoms with van der Waals surface area (Å²) in [6.07, 6.45) is 2.58. The molecule has 1 atom stereocenters. The van der Waals surface area contributed by atoms with E-state index in [2.05, 4.69) is 0 Å². The minimum Gasteiger partial charge on any atom is -0.494 e. The standard InChI is InChI=1S/C15H21FO3/c1-3-19-15(9-4-5-10-15)14(17)11-7-6-8-12(18-2)13(11)16/h6-8,14,17H,3-5,9-10H2,1-2H3. The zero-order chi connectivity index (χ0) is 13.9. The average Bonchev–Trinajstić information content (AvgIpc) is 2.88. The van der Waals surface area contributed by atoms with Crippen molar-refractivity contribution in [3.8, 4) is 5.75 Å². The van der Waals surface area contributed by atoms with E-state index in [9.17, 15) is 9.50 Å². The molecule has 1 N–H and O–H groups in total. The monoisotopic (exact) mass is 268 g/mol. The van der Waals surface area contributed by atoms with Gasteiger partial charge in [0.2, 0.25) is 0 Å². The second-order valence-corrected chi connectivity index (χ2v) is 4.97. The molecular formula is C15H21FO3. The Hall–Kier alpha value is -1.13. The van der Waals surface area contributed by atoms with Gasteiger partial charge < -0.3 is 14.6 Å². The van der Waals surface area contributed by atoms with Crippen molar-refractivity contribution in [2.75, 3.05) is 13.7 Å². The lowest BCUT2D eigenvalue weighted by atomic mass is 9.88. The Morgan fingerprint density at radius 2 is 2.05 bits per heavy atom. The van der Waals surface area contributed by atoms with E-state index in [4.69, 9.17) is 9.47 Å². The molecule has 1 aliphatic carbocycles. The molecule has 19 heavy (non-hydrogen) atoms. The fourth-order valence-corrected chi connectivity index (χ4v) is 2.94. The molecule has 1 aromatic carbocycles. The van der Waals surface area contributed by atoms with Crippen molar-refractivity contribution in [1.82, 2.24) is 0 Å². The summed E-state index contributed by atoms with van der Waals surface area (Å²) in [6, 6.07) is 4.84. The Morgan fingerprint density at radius 3 is 2.63 bits per heavy atom. The number of hydrogen-bond donors (Lipinski definition) is 1. The highest BCUT2D eigenvalue weighted by Crippen LogP contribution is 2.44. The predicted molar refractivity (Wildman–Crippen MR) is 70.7 cm³/mol. The molecule has 0 saturated heterocycles. The lowest BCUT2D eigenvalue weighted by Crippen LogP contribution is -2.37. The SMILES string of the molecule is CCOC1(C(O)c2cccc(OC)c2F)CCCC1. The van der Waals surface area contributed by atoms with Gasteiger partial charge >= 0.3 is 0 Å². The van der Waals surface area contributed by atoms with E-state index in [1.807, 2.05) is 6.92 Å². The summed E-state index contributed by atoms with van der Waals surface area (Å²) in [5, 5.41) is 10.6. The highest BCUT2D eigenvalue weighted by molar-refractivity contribution is 5.33. The van der Waals surface area contributed by atoms with Crippen LogP contribution in [0.3, 0.4) is 0 Å². The molecule has 1 unspecified atom stereocenters. The fourth-order valence-electron chi connectivity index (χ4n) is 2.94. The molecule has 0 aromatic heterocycles. The normalized spacial score (nSPS) is 19.4. The summed E-state index contributed by atoms with van der Waals surface area (Å²) in [5.41, 5.74) is -0.392. The van der Waals surface area contributed by atoms with E-state index in [0.717, 1.165) is 25.7 Å². The van der Waals surface area contributed by atoms with E-state index >= 15 is 0 Å². The van der Waals surface area contributed by atoms with Crippen molar-refractivity contribution in [3.63, 3.8) is 0 Å². The van der Waals surface area contributed by atoms with Gasteiger partial charge in [-0.3, -0.25) is 0 Å². The van der Waals surface area contributed by atoms with Gasteiger partial charge in [0.1, 0.15) is 6.10 Å². The van der Waals surface area contributed by atoms with Crippen LogP contribution in [0.15, 0.2) is 18.2 Å². The second-order valence-electron chi connectivity index (χ2n) is 4.97. The first kappa shape index (κ1) is 14.3. The summed E-state index contributed by atoms with van der Waals surface area (Å²) in [7, 11) is 1.42. The maximum atomic E-state index is 14.2. The molecule has 0 aliphatic heterocycles. The molecule has 106 valence electrons. The molecule has 0 spiro atoms. The van der Waals surface area contributed by atoms with Crippen LogP contribution in [0.25, 0.3) is 0 Å². The number of aliphatic hydroxyl groups is 1. The van der Waals surface area contributed by atoms with Crippen LogP contribution in [0.1, 0.15) is 44.3 Å². The minimum absolute atomic E-state index is 0.154. The molecule has 0 bridgehead atoms. The quantitative estimate of drug-likeness (QED) is 0.891. The molecule has 0 radical (unpaired) electrons. The number of rotatable bonds is 5. The minimum atomic E-state index is -0.954. The maximum Gasteiger partial charge on any atom is 0.170 e. The Balaban J connectivity index is 2.34. The Bertz CT molecular complexity index is 427. The third-order valence-electron chi connectivity index (χ3n) is 3.89. The van der Waals surface area contributed by atoms with Gasteiger partial charge in [0.15, 0.2) is 11.6 Å². The molecule has 0 heterocycles. The maximum absolute atomic E-state index is 14.2. The van der Waals surface area contributed by atoms with Crippen LogP contribution >= 0.6 is 0 Å². The number of hydrogen-bond acceptors (Lipinski definition) is 3. The van der Waals surface area contributed by atoms with E-state index in [0.29, 0.717) is 6.61 Å². The summed E-state index contributed by atoms with van der Waals surface area (Å²) < 4.78 is 25.0. The smallest absolute Gasteiger partial charge is 0.170 e. The Kier molecular flexibility index (Phi) is 4.42.